The number of benzene rings is 1. The third-order valence-electron chi connectivity index (χ3n) is 3.45. The molecule has 0 spiro atoms. The Morgan fingerprint density at radius 1 is 1.25 bits per heavy atom. The maximum atomic E-state index is 4.40. The number of aromatic nitrogens is 2. The topological polar surface area (TPSA) is 53.1 Å². The molecule has 0 amide bonds. The first-order valence-corrected chi connectivity index (χ1v) is 6.98. The monoisotopic (exact) mass is 269 g/mol. The fourth-order valence-electron chi connectivity index (χ4n) is 2.26. The van der Waals surface area contributed by atoms with Crippen LogP contribution in [-0.4, -0.2) is 35.6 Å². The van der Waals surface area contributed by atoms with Gasteiger partial charge in [-0.05, 0) is 19.1 Å². The summed E-state index contributed by atoms with van der Waals surface area (Å²) in [5.41, 5.74) is 1.14. The lowest BCUT2D eigenvalue weighted by Crippen LogP contribution is -2.51. The zero-order chi connectivity index (χ0) is 13.8. The number of rotatable bonds is 5. The number of hydrogen-bond acceptors (Lipinski definition) is 5. The highest BCUT2D eigenvalue weighted by Gasteiger charge is 2.17. The van der Waals surface area contributed by atoms with Crippen molar-refractivity contribution in [3.8, 4) is 0 Å². The van der Waals surface area contributed by atoms with Crippen LogP contribution >= 0.6 is 0 Å². The van der Waals surface area contributed by atoms with Crippen LogP contribution in [0, 0.1) is 0 Å². The summed E-state index contributed by atoms with van der Waals surface area (Å²) in [5, 5.41) is 6.65. The maximum Gasteiger partial charge on any atom is 0.138 e. The quantitative estimate of drug-likeness (QED) is 0.869. The third-order valence-corrected chi connectivity index (χ3v) is 3.45. The van der Waals surface area contributed by atoms with Gasteiger partial charge in [-0.1, -0.05) is 18.2 Å². The first-order valence-electron chi connectivity index (χ1n) is 6.98. The minimum Gasteiger partial charge on any atom is -0.365 e. The van der Waals surface area contributed by atoms with Crippen LogP contribution in [0.15, 0.2) is 42.7 Å². The van der Waals surface area contributed by atoms with Crippen molar-refractivity contribution in [3.05, 3.63) is 42.7 Å². The number of para-hydroxylation sites is 1. The predicted octanol–water partition coefficient (Wildman–Crippen LogP) is 2.02. The molecule has 0 saturated carbocycles. The van der Waals surface area contributed by atoms with Gasteiger partial charge < -0.3 is 15.5 Å². The highest BCUT2D eigenvalue weighted by Crippen LogP contribution is 2.24. The molecule has 2 N–H and O–H groups in total. The van der Waals surface area contributed by atoms with Gasteiger partial charge in [0.25, 0.3) is 0 Å². The van der Waals surface area contributed by atoms with E-state index in [2.05, 4.69) is 44.6 Å². The first kappa shape index (κ1) is 12.9. The molecule has 1 aromatic heterocycles. The molecule has 5 heteroatoms. The van der Waals surface area contributed by atoms with Gasteiger partial charge in [0.15, 0.2) is 0 Å². The highest BCUT2D eigenvalue weighted by molar-refractivity contribution is 5.62. The lowest BCUT2D eigenvalue weighted by atomic mass is 10.2. The second-order valence-electron chi connectivity index (χ2n) is 4.84. The molecule has 0 unspecified atom stereocenters. The summed E-state index contributed by atoms with van der Waals surface area (Å²) in [6.07, 6.45) is 1.62. The largest absolute Gasteiger partial charge is 0.365 e. The Hall–Kier alpha value is -2.14. The molecule has 1 fully saturated rings. The Bertz CT molecular complexity index is 553. The van der Waals surface area contributed by atoms with Crippen LogP contribution in [0.25, 0.3) is 0 Å². The van der Waals surface area contributed by atoms with Crippen LogP contribution in [0.4, 0.5) is 17.3 Å². The van der Waals surface area contributed by atoms with Gasteiger partial charge in [-0.15, -0.1) is 0 Å². The van der Waals surface area contributed by atoms with Gasteiger partial charge in [0.1, 0.15) is 18.0 Å². The van der Waals surface area contributed by atoms with Gasteiger partial charge in [0, 0.05) is 31.4 Å². The Balaban J connectivity index is 1.82. The first-order chi connectivity index (χ1) is 9.86. The molecule has 20 heavy (non-hydrogen) atoms. The highest BCUT2D eigenvalue weighted by atomic mass is 15.2. The van der Waals surface area contributed by atoms with Crippen molar-refractivity contribution >= 4 is 17.3 Å². The Morgan fingerprint density at radius 2 is 2.05 bits per heavy atom. The van der Waals surface area contributed by atoms with E-state index in [1.54, 1.807) is 6.33 Å². The third kappa shape index (κ3) is 2.72. The minimum atomic E-state index is 0.476. The van der Waals surface area contributed by atoms with E-state index < -0.39 is 0 Å². The second-order valence-corrected chi connectivity index (χ2v) is 4.84. The summed E-state index contributed by atoms with van der Waals surface area (Å²) in [6, 6.07) is 12.8. The van der Waals surface area contributed by atoms with Gasteiger partial charge in [-0.25, -0.2) is 9.97 Å². The standard InChI is InChI=1S/C15H19N5/c1-2-20(13-6-4-3-5-7-13)15-8-14(17-11-18-15)19-12-9-16-10-12/h3-8,11-12,16H,2,9-10H2,1H3,(H,17,18,19). The molecule has 5 nitrogen and oxygen atoms in total. The van der Waals surface area contributed by atoms with Crippen LogP contribution in [-0.2, 0) is 0 Å². The van der Waals surface area contributed by atoms with Gasteiger partial charge in [0.2, 0.25) is 0 Å². The van der Waals surface area contributed by atoms with E-state index in [1.807, 2.05) is 24.3 Å². The number of nitrogens with one attached hydrogen (secondary N) is 2. The minimum absolute atomic E-state index is 0.476. The summed E-state index contributed by atoms with van der Waals surface area (Å²) in [7, 11) is 0. The van der Waals surface area contributed by atoms with Crippen LogP contribution in [0.2, 0.25) is 0 Å². The summed E-state index contributed by atoms with van der Waals surface area (Å²) in [4.78, 5) is 10.9. The van der Waals surface area contributed by atoms with Crippen molar-refractivity contribution in [2.45, 2.75) is 13.0 Å². The number of nitrogens with zero attached hydrogens (tertiary/aromatic N) is 3. The predicted molar refractivity (Wildman–Crippen MR) is 81.4 cm³/mol. The molecule has 2 aromatic rings. The second kappa shape index (κ2) is 5.88. The molecule has 1 aliphatic heterocycles. The average molecular weight is 269 g/mol. The molecule has 3 rings (SSSR count). The van der Waals surface area contributed by atoms with E-state index in [9.17, 15) is 0 Å². The van der Waals surface area contributed by atoms with E-state index in [0.29, 0.717) is 6.04 Å². The molecule has 1 aromatic carbocycles. The molecular formula is C15H19N5. The average Bonchev–Trinajstić information content (AvgIpc) is 2.46. The SMILES string of the molecule is CCN(c1ccccc1)c1cc(NC2CNC2)ncn1. The van der Waals surface area contributed by atoms with Crippen molar-refractivity contribution in [1.82, 2.24) is 15.3 Å². The Labute approximate surface area is 119 Å². The van der Waals surface area contributed by atoms with E-state index in [-0.39, 0.29) is 0 Å². The lowest BCUT2D eigenvalue weighted by Gasteiger charge is -2.29. The fourth-order valence-corrected chi connectivity index (χ4v) is 2.26. The van der Waals surface area contributed by atoms with Crippen molar-refractivity contribution in [2.24, 2.45) is 0 Å². The van der Waals surface area contributed by atoms with Crippen molar-refractivity contribution in [1.29, 1.82) is 0 Å². The van der Waals surface area contributed by atoms with Crippen LogP contribution in [0.3, 0.4) is 0 Å². The zero-order valence-corrected chi connectivity index (χ0v) is 11.6. The van der Waals surface area contributed by atoms with Crippen molar-refractivity contribution < 1.29 is 0 Å². The maximum absolute atomic E-state index is 4.40. The van der Waals surface area contributed by atoms with Gasteiger partial charge in [-0.2, -0.15) is 0 Å². The normalized spacial score (nSPS) is 14.7. The van der Waals surface area contributed by atoms with Crippen molar-refractivity contribution in [2.75, 3.05) is 29.9 Å². The van der Waals surface area contributed by atoms with Gasteiger partial charge in [-0.3, -0.25) is 0 Å². The van der Waals surface area contributed by atoms with Gasteiger partial charge in [0.05, 0.1) is 6.04 Å². The Morgan fingerprint density at radius 3 is 2.70 bits per heavy atom. The molecule has 2 heterocycles. The smallest absolute Gasteiger partial charge is 0.138 e. The Kier molecular flexibility index (Phi) is 3.78. The fraction of sp³-hybridized carbons (Fsp3) is 0.333. The number of hydrogen-bond donors (Lipinski definition) is 2. The zero-order valence-electron chi connectivity index (χ0n) is 11.6. The van der Waals surface area contributed by atoms with E-state index >= 15 is 0 Å². The lowest BCUT2D eigenvalue weighted by molar-refractivity contribution is 0.471. The molecule has 0 bridgehead atoms. The van der Waals surface area contributed by atoms with E-state index in [4.69, 9.17) is 0 Å². The summed E-state index contributed by atoms with van der Waals surface area (Å²) < 4.78 is 0. The molecule has 1 saturated heterocycles. The van der Waals surface area contributed by atoms with Crippen LogP contribution < -0.4 is 15.5 Å². The summed E-state index contributed by atoms with van der Waals surface area (Å²) in [6.45, 7) is 4.98. The van der Waals surface area contributed by atoms with Crippen molar-refractivity contribution in [3.63, 3.8) is 0 Å². The van der Waals surface area contributed by atoms with Gasteiger partial charge >= 0.3 is 0 Å². The molecular weight excluding hydrogens is 250 g/mol. The molecule has 0 aliphatic carbocycles. The molecule has 0 radical (unpaired) electrons. The molecule has 1 aliphatic rings. The molecule has 104 valence electrons. The van der Waals surface area contributed by atoms with E-state index in [1.165, 1.54) is 0 Å². The number of anilines is 3. The summed E-state index contributed by atoms with van der Waals surface area (Å²) >= 11 is 0. The van der Waals surface area contributed by atoms with Crippen LogP contribution in [0.1, 0.15) is 6.92 Å². The van der Waals surface area contributed by atoms with E-state index in [0.717, 1.165) is 37.0 Å². The summed E-state index contributed by atoms with van der Waals surface area (Å²) in [5.74, 6) is 1.80. The molecule has 0 atom stereocenters. The van der Waals surface area contributed by atoms with Crippen LogP contribution in [0.5, 0.6) is 0 Å².